The van der Waals surface area contributed by atoms with Gasteiger partial charge in [-0.15, -0.1) is 0 Å². The van der Waals surface area contributed by atoms with Gasteiger partial charge in [0.05, 0.1) is 18.6 Å². The summed E-state index contributed by atoms with van der Waals surface area (Å²) >= 11 is 0. The number of anilines is 1. The third-order valence-corrected chi connectivity index (χ3v) is 6.56. The van der Waals surface area contributed by atoms with Crippen LogP contribution in [-0.2, 0) is 26.9 Å². The molecular formula is C26H34N2O2. The van der Waals surface area contributed by atoms with Crippen LogP contribution in [0.3, 0.4) is 0 Å². The van der Waals surface area contributed by atoms with Gasteiger partial charge in [0.2, 0.25) is 5.91 Å². The van der Waals surface area contributed by atoms with Crippen LogP contribution in [0, 0.1) is 0 Å². The first kappa shape index (κ1) is 20.9. The van der Waals surface area contributed by atoms with Gasteiger partial charge in [-0.3, -0.25) is 4.79 Å². The van der Waals surface area contributed by atoms with Crippen molar-refractivity contribution in [2.45, 2.75) is 51.0 Å². The van der Waals surface area contributed by atoms with Crippen molar-refractivity contribution >= 4 is 11.6 Å². The highest BCUT2D eigenvalue weighted by Gasteiger charge is 2.52. The normalized spacial score (nSPS) is 18.2. The SMILES string of the molecule is CN(Cc1ccccc1N1CCOCC1)C(=O)C1(c2ccc(C(C)(C)C)cc2)CC1. The summed E-state index contributed by atoms with van der Waals surface area (Å²) in [5, 5.41) is 0. The molecule has 2 aromatic rings. The lowest BCUT2D eigenvalue weighted by molar-refractivity contribution is -0.133. The third-order valence-electron chi connectivity index (χ3n) is 6.56. The molecule has 4 nitrogen and oxygen atoms in total. The molecule has 0 bridgehead atoms. The Bertz CT molecular complexity index is 888. The molecule has 160 valence electrons. The molecule has 0 unspecified atom stereocenters. The van der Waals surface area contributed by atoms with Crippen molar-refractivity contribution in [3.8, 4) is 0 Å². The number of ether oxygens (including phenoxy) is 1. The minimum Gasteiger partial charge on any atom is -0.378 e. The zero-order chi connectivity index (χ0) is 21.4. The quantitative estimate of drug-likeness (QED) is 0.732. The van der Waals surface area contributed by atoms with E-state index in [1.54, 1.807) is 0 Å². The zero-order valence-corrected chi connectivity index (χ0v) is 18.8. The molecular weight excluding hydrogens is 372 g/mol. The highest BCUT2D eigenvalue weighted by molar-refractivity contribution is 5.91. The number of nitrogens with zero attached hydrogens (tertiary/aromatic N) is 2. The lowest BCUT2D eigenvalue weighted by atomic mass is 9.84. The van der Waals surface area contributed by atoms with E-state index in [2.05, 4.69) is 74.2 Å². The maximum Gasteiger partial charge on any atom is 0.233 e. The van der Waals surface area contributed by atoms with E-state index < -0.39 is 0 Å². The van der Waals surface area contributed by atoms with E-state index >= 15 is 0 Å². The number of morpholine rings is 1. The van der Waals surface area contributed by atoms with Crippen LogP contribution < -0.4 is 4.90 Å². The molecule has 30 heavy (non-hydrogen) atoms. The summed E-state index contributed by atoms with van der Waals surface area (Å²) < 4.78 is 5.51. The van der Waals surface area contributed by atoms with Crippen LogP contribution in [0.4, 0.5) is 5.69 Å². The molecule has 1 saturated heterocycles. The summed E-state index contributed by atoms with van der Waals surface area (Å²) in [6.45, 7) is 10.6. The molecule has 0 radical (unpaired) electrons. The summed E-state index contributed by atoms with van der Waals surface area (Å²) in [5.41, 5.74) is 4.68. The molecule has 2 aromatic carbocycles. The van der Waals surface area contributed by atoms with Crippen molar-refractivity contribution < 1.29 is 9.53 Å². The number of carbonyl (C=O) groups is 1. The third kappa shape index (κ3) is 4.11. The number of carbonyl (C=O) groups excluding carboxylic acids is 1. The number of rotatable bonds is 5. The summed E-state index contributed by atoms with van der Waals surface area (Å²) in [6, 6.07) is 17.2. The number of hydrogen-bond acceptors (Lipinski definition) is 3. The molecule has 4 heteroatoms. The van der Waals surface area contributed by atoms with E-state index in [4.69, 9.17) is 4.74 Å². The fraction of sp³-hybridized carbons (Fsp3) is 0.500. The van der Waals surface area contributed by atoms with E-state index in [1.165, 1.54) is 16.8 Å². The Hall–Kier alpha value is -2.33. The van der Waals surface area contributed by atoms with Crippen molar-refractivity contribution in [2.75, 3.05) is 38.3 Å². The highest BCUT2D eigenvalue weighted by Crippen LogP contribution is 2.50. The first-order chi connectivity index (χ1) is 14.3. The topological polar surface area (TPSA) is 32.8 Å². The molecule has 0 aromatic heterocycles. The average Bonchev–Trinajstić information content (AvgIpc) is 3.56. The maximum absolute atomic E-state index is 13.5. The van der Waals surface area contributed by atoms with Crippen LogP contribution in [0.2, 0.25) is 0 Å². The van der Waals surface area contributed by atoms with Crippen LogP contribution >= 0.6 is 0 Å². The van der Waals surface area contributed by atoms with E-state index in [1.807, 2.05) is 11.9 Å². The van der Waals surface area contributed by atoms with Crippen molar-refractivity contribution in [3.63, 3.8) is 0 Å². The van der Waals surface area contributed by atoms with Crippen molar-refractivity contribution in [3.05, 3.63) is 65.2 Å². The number of amides is 1. The van der Waals surface area contributed by atoms with E-state index in [-0.39, 0.29) is 16.7 Å². The van der Waals surface area contributed by atoms with Gasteiger partial charge in [0.25, 0.3) is 0 Å². The van der Waals surface area contributed by atoms with Gasteiger partial charge in [-0.1, -0.05) is 63.2 Å². The molecule has 0 atom stereocenters. The highest BCUT2D eigenvalue weighted by atomic mass is 16.5. The lowest BCUT2D eigenvalue weighted by Gasteiger charge is -2.32. The van der Waals surface area contributed by atoms with Crippen LogP contribution in [0.25, 0.3) is 0 Å². The van der Waals surface area contributed by atoms with E-state index in [0.29, 0.717) is 6.54 Å². The van der Waals surface area contributed by atoms with E-state index in [0.717, 1.165) is 44.7 Å². The van der Waals surface area contributed by atoms with Crippen molar-refractivity contribution in [2.24, 2.45) is 0 Å². The monoisotopic (exact) mass is 406 g/mol. The molecule has 1 aliphatic heterocycles. The molecule has 1 aliphatic carbocycles. The van der Waals surface area contributed by atoms with Crippen LogP contribution in [0.15, 0.2) is 48.5 Å². The van der Waals surface area contributed by atoms with Crippen molar-refractivity contribution in [1.82, 2.24) is 4.90 Å². The second kappa shape index (κ2) is 8.07. The predicted octanol–water partition coefficient (Wildman–Crippen LogP) is 4.51. The number of benzene rings is 2. The van der Waals surface area contributed by atoms with Crippen LogP contribution in [0.1, 0.15) is 50.3 Å². The first-order valence-corrected chi connectivity index (χ1v) is 11.1. The van der Waals surface area contributed by atoms with Gasteiger partial charge in [0.15, 0.2) is 0 Å². The molecule has 1 amide bonds. The molecule has 1 heterocycles. The Morgan fingerprint density at radius 1 is 1.03 bits per heavy atom. The molecule has 0 spiro atoms. The Morgan fingerprint density at radius 3 is 2.27 bits per heavy atom. The molecule has 0 N–H and O–H groups in total. The van der Waals surface area contributed by atoms with E-state index in [9.17, 15) is 4.79 Å². The van der Waals surface area contributed by atoms with Gasteiger partial charge < -0.3 is 14.5 Å². The summed E-state index contributed by atoms with van der Waals surface area (Å²) in [5.74, 6) is 0.239. The number of likely N-dealkylation sites (N-methyl/N-ethyl adjacent to an activating group) is 1. The second-order valence-electron chi connectivity index (χ2n) is 9.80. The fourth-order valence-electron chi connectivity index (χ4n) is 4.49. The van der Waals surface area contributed by atoms with Gasteiger partial charge >= 0.3 is 0 Å². The predicted molar refractivity (Wildman–Crippen MR) is 122 cm³/mol. The average molecular weight is 407 g/mol. The van der Waals surface area contributed by atoms with Gasteiger partial charge in [-0.25, -0.2) is 0 Å². The maximum atomic E-state index is 13.5. The molecule has 1 saturated carbocycles. The number of para-hydroxylation sites is 1. The van der Waals surface area contributed by atoms with Gasteiger partial charge in [0, 0.05) is 32.4 Å². The standard InChI is InChI=1S/C26H34N2O2/c1-25(2,3)21-9-11-22(12-10-21)26(13-14-26)24(29)27(4)19-20-7-5-6-8-23(20)28-15-17-30-18-16-28/h5-12H,13-19H2,1-4H3. The van der Waals surface area contributed by atoms with Crippen molar-refractivity contribution in [1.29, 1.82) is 0 Å². The summed E-state index contributed by atoms with van der Waals surface area (Å²) in [4.78, 5) is 17.8. The second-order valence-corrected chi connectivity index (χ2v) is 9.80. The Morgan fingerprint density at radius 2 is 1.67 bits per heavy atom. The van der Waals surface area contributed by atoms with Gasteiger partial charge in [-0.2, -0.15) is 0 Å². The Balaban J connectivity index is 1.50. The van der Waals surface area contributed by atoms with Gasteiger partial charge in [0.1, 0.15) is 0 Å². The van der Waals surface area contributed by atoms with Crippen LogP contribution in [-0.4, -0.2) is 44.2 Å². The molecule has 4 rings (SSSR count). The largest absolute Gasteiger partial charge is 0.378 e. The number of hydrogen-bond donors (Lipinski definition) is 0. The summed E-state index contributed by atoms with van der Waals surface area (Å²) in [6.07, 6.45) is 1.88. The summed E-state index contributed by atoms with van der Waals surface area (Å²) in [7, 11) is 1.95. The van der Waals surface area contributed by atoms with Gasteiger partial charge in [-0.05, 0) is 41.0 Å². The lowest BCUT2D eigenvalue weighted by Crippen LogP contribution is -2.39. The Kier molecular flexibility index (Phi) is 5.63. The fourth-order valence-corrected chi connectivity index (χ4v) is 4.49. The zero-order valence-electron chi connectivity index (χ0n) is 18.8. The Labute approximate surface area is 180 Å². The smallest absolute Gasteiger partial charge is 0.233 e. The first-order valence-electron chi connectivity index (χ1n) is 11.1. The molecule has 2 aliphatic rings. The minimum absolute atomic E-state index is 0.124. The molecule has 2 fully saturated rings. The minimum atomic E-state index is -0.334. The van der Waals surface area contributed by atoms with Crippen LogP contribution in [0.5, 0.6) is 0 Å².